The Morgan fingerprint density at radius 1 is 0.509 bits per heavy atom. The number of rotatable bonds is 9. The van der Waals surface area contributed by atoms with Crippen LogP contribution in [-0.4, -0.2) is 30.1 Å². The Hall–Kier alpha value is -5.12. The molecule has 2 N–H and O–H groups in total. The van der Waals surface area contributed by atoms with Gasteiger partial charge in [0.2, 0.25) is 0 Å². The summed E-state index contributed by atoms with van der Waals surface area (Å²) in [5.41, 5.74) is 12.8. The Bertz CT molecular complexity index is 2730. The average Bonchev–Trinajstić information content (AvgIpc) is 4.11. The number of thiazole rings is 2. The van der Waals surface area contributed by atoms with E-state index in [2.05, 4.69) is 103 Å². The van der Waals surface area contributed by atoms with Gasteiger partial charge in [-0.1, -0.05) is 95.5 Å². The lowest BCUT2D eigenvalue weighted by molar-refractivity contribution is 0.0161. The van der Waals surface area contributed by atoms with Crippen molar-refractivity contribution >= 4 is 43.4 Å². The van der Waals surface area contributed by atoms with E-state index in [-0.39, 0.29) is 10.8 Å². The second-order valence-corrected chi connectivity index (χ2v) is 17.4. The highest BCUT2D eigenvalue weighted by Crippen LogP contribution is 2.54. The van der Waals surface area contributed by atoms with Crippen LogP contribution in [0.3, 0.4) is 0 Å². The Morgan fingerprint density at radius 2 is 0.982 bits per heavy atom. The number of benzene rings is 4. The monoisotopic (exact) mass is 756 g/mol. The summed E-state index contributed by atoms with van der Waals surface area (Å²) < 4.78 is 0. The smallest absolute Gasteiger partial charge is 0.144 e. The molecule has 0 spiro atoms. The van der Waals surface area contributed by atoms with Gasteiger partial charge in [0.15, 0.2) is 0 Å². The SMILES string of the molecule is Cc1cc(-c2nc3ccc(C4(c5ccccc5)CC4)nc3s2)ccc1C(O)C(O)c1c(C)cc(-c2nc3ccc(C4(c5ccccc5)CC4)nc3s2)cc1C. The van der Waals surface area contributed by atoms with Crippen molar-refractivity contribution in [2.75, 3.05) is 0 Å². The molecule has 8 aromatic rings. The van der Waals surface area contributed by atoms with Gasteiger partial charge >= 0.3 is 0 Å². The van der Waals surface area contributed by atoms with Gasteiger partial charge in [0.05, 0.1) is 11.4 Å². The first-order valence-electron chi connectivity index (χ1n) is 19.0. The van der Waals surface area contributed by atoms with E-state index in [0.717, 1.165) is 101 Å². The molecule has 6 nitrogen and oxygen atoms in total. The van der Waals surface area contributed by atoms with Crippen LogP contribution in [0, 0.1) is 20.8 Å². The maximum absolute atomic E-state index is 11.7. The van der Waals surface area contributed by atoms with Gasteiger partial charge in [-0.15, -0.1) is 0 Å². The van der Waals surface area contributed by atoms with Crippen LogP contribution in [0.25, 0.3) is 41.8 Å². The number of aryl methyl sites for hydroxylation is 3. The normalized spacial score (nSPS) is 16.7. The summed E-state index contributed by atoms with van der Waals surface area (Å²) in [6.45, 7) is 5.97. The predicted octanol–water partition coefficient (Wildman–Crippen LogP) is 10.9. The van der Waals surface area contributed by atoms with Crippen LogP contribution in [0.1, 0.15) is 88.2 Å². The third kappa shape index (κ3) is 5.82. The molecule has 0 amide bonds. The Balaban J connectivity index is 0.889. The van der Waals surface area contributed by atoms with Gasteiger partial charge in [-0.05, 0) is 128 Å². The molecular formula is C47H40N4O2S2. The van der Waals surface area contributed by atoms with Crippen LogP contribution in [0.5, 0.6) is 0 Å². The zero-order valence-corrected chi connectivity index (χ0v) is 32.6. The average molecular weight is 757 g/mol. The maximum Gasteiger partial charge on any atom is 0.144 e. The molecule has 55 heavy (non-hydrogen) atoms. The van der Waals surface area contributed by atoms with Crippen molar-refractivity contribution < 1.29 is 10.2 Å². The summed E-state index contributed by atoms with van der Waals surface area (Å²) >= 11 is 3.20. The minimum absolute atomic E-state index is 0.00388. The zero-order valence-electron chi connectivity index (χ0n) is 31.0. The van der Waals surface area contributed by atoms with Crippen LogP contribution in [-0.2, 0) is 10.8 Å². The van der Waals surface area contributed by atoms with Gasteiger partial charge in [0.25, 0.3) is 0 Å². The minimum Gasteiger partial charge on any atom is -0.385 e. The Labute approximate surface area is 328 Å². The van der Waals surface area contributed by atoms with Gasteiger partial charge in [-0.2, -0.15) is 0 Å². The van der Waals surface area contributed by atoms with E-state index < -0.39 is 12.2 Å². The second-order valence-electron chi connectivity index (χ2n) is 15.5. The summed E-state index contributed by atoms with van der Waals surface area (Å²) in [4.78, 5) is 22.0. The maximum atomic E-state index is 11.7. The number of aliphatic hydroxyl groups is 2. The van der Waals surface area contributed by atoms with Crippen LogP contribution in [0.4, 0.5) is 0 Å². The quantitative estimate of drug-likeness (QED) is 0.152. The standard InChI is InChI=1S/C47H40N4O2S2/c1-27-24-30(42-48-35-16-18-37(50-44(35)54-42)46(20-21-46)32-10-6-4-7-11-32)14-15-34(27)40(52)41(53)39-28(2)25-31(26-29(39)3)43-49-36-17-19-38(51-45(36)55-43)47(22-23-47)33-12-8-5-9-13-33/h4-19,24-26,40-41,52-53H,20-23H2,1-3H3. The van der Waals surface area contributed by atoms with Gasteiger partial charge in [-0.3, -0.25) is 0 Å². The molecule has 272 valence electrons. The lowest BCUT2D eigenvalue weighted by atomic mass is 9.88. The van der Waals surface area contributed by atoms with E-state index in [1.807, 2.05) is 32.9 Å². The van der Waals surface area contributed by atoms with E-state index in [0.29, 0.717) is 5.56 Å². The van der Waals surface area contributed by atoms with Crippen molar-refractivity contribution in [1.82, 2.24) is 19.9 Å². The molecular weight excluding hydrogens is 717 g/mol. The Morgan fingerprint density at radius 3 is 1.45 bits per heavy atom. The Kier molecular flexibility index (Phi) is 8.12. The highest BCUT2D eigenvalue weighted by molar-refractivity contribution is 7.21. The van der Waals surface area contributed by atoms with Gasteiger partial charge in [0.1, 0.15) is 42.9 Å². The lowest BCUT2D eigenvalue weighted by Crippen LogP contribution is -2.14. The zero-order chi connectivity index (χ0) is 37.5. The van der Waals surface area contributed by atoms with Gasteiger partial charge in [-0.25, -0.2) is 19.9 Å². The molecule has 2 aliphatic carbocycles. The summed E-state index contributed by atoms with van der Waals surface area (Å²) in [6, 6.07) is 39.9. The third-order valence-electron chi connectivity index (χ3n) is 11.9. The lowest BCUT2D eigenvalue weighted by Gasteiger charge is -2.24. The number of pyridine rings is 2. The van der Waals surface area contributed by atoms with Crippen LogP contribution >= 0.6 is 22.7 Å². The van der Waals surface area contributed by atoms with Crippen molar-refractivity contribution in [3.8, 4) is 21.1 Å². The number of nitrogens with zero attached hydrogens (tertiary/aromatic N) is 4. The summed E-state index contributed by atoms with van der Waals surface area (Å²) in [6.07, 6.45) is 2.23. The van der Waals surface area contributed by atoms with E-state index >= 15 is 0 Å². The highest BCUT2D eigenvalue weighted by atomic mass is 32.1. The van der Waals surface area contributed by atoms with Crippen molar-refractivity contribution in [2.45, 2.75) is 69.5 Å². The third-order valence-corrected chi connectivity index (χ3v) is 13.9. The van der Waals surface area contributed by atoms with Crippen LogP contribution in [0.2, 0.25) is 0 Å². The summed E-state index contributed by atoms with van der Waals surface area (Å²) in [7, 11) is 0. The van der Waals surface area contributed by atoms with Crippen molar-refractivity contribution in [1.29, 1.82) is 0 Å². The molecule has 0 radical (unpaired) electrons. The molecule has 4 aromatic heterocycles. The molecule has 0 aliphatic heterocycles. The van der Waals surface area contributed by atoms with E-state index in [1.165, 1.54) is 11.1 Å². The van der Waals surface area contributed by atoms with Crippen molar-refractivity contribution in [3.05, 3.63) is 166 Å². The van der Waals surface area contributed by atoms with Gasteiger partial charge < -0.3 is 10.2 Å². The van der Waals surface area contributed by atoms with Crippen LogP contribution in [0.15, 0.2) is 115 Å². The first kappa shape index (κ1) is 34.4. The molecule has 2 unspecified atom stereocenters. The molecule has 2 fully saturated rings. The molecule has 2 aliphatic rings. The molecule has 10 rings (SSSR count). The fraction of sp³-hybridized carbons (Fsp3) is 0.234. The molecule has 8 heteroatoms. The van der Waals surface area contributed by atoms with Crippen LogP contribution < -0.4 is 0 Å². The summed E-state index contributed by atoms with van der Waals surface area (Å²) in [5.74, 6) is 0. The number of aromatic nitrogens is 4. The predicted molar refractivity (Wildman–Crippen MR) is 223 cm³/mol. The molecule has 0 bridgehead atoms. The molecule has 4 heterocycles. The number of hydrogen-bond donors (Lipinski definition) is 2. The van der Waals surface area contributed by atoms with Crippen molar-refractivity contribution in [3.63, 3.8) is 0 Å². The van der Waals surface area contributed by atoms with E-state index in [9.17, 15) is 10.2 Å². The molecule has 4 aromatic carbocycles. The fourth-order valence-corrected chi connectivity index (χ4v) is 10.5. The fourth-order valence-electron chi connectivity index (χ4n) is 8.60. The summed E-state index contributed by atoms with van der Waals surface area (Å²) in [5, 5.41) is 25.1. The van der Waals surface area contributed by atoms with E-state index in [4.69, 9.17) is 19.9 Å². The van der Waals surface area contributed by atoms with E-state index in [1.54, 1.807) is 22.7 Å². The first-order valence-corrected chi connectivity index (χ1v) is 20.6. The largest absolute Gasteiger partial charge is 0.385 e. The molecule has 2 atom stereocenters. The number of hydrogen-bond acceptors (Lipinski definition) is 8. The highest BCUT2D eigenvalue weighted by Gasteiger charge is 2.48. The topological polar surface area (TPSA) is 92.0 Å². The first-order chi connectivity index (χ1) is 26.7. The minimum atomic E-state index is -1.10. The van der Waals surface area contributed by atoms with Gasteiger partial charge in [0, 0.05) is 22.0 Å². The second kappa shape index (κ2) is 13.0. The molecule has 2 saturated carbocycles. The van der Waals surface area contributed by atoms with Crippen molar-refractivity contribution in [2.24, 2.45) is 0 Å². The molecule has 0 saturated heterocycles. The number of fused-ring (bicyclic) bond motifs is 2. The number of aliphatic hydroxyl groups excluding tert-OH is 2.